The maximum absolute atomic E-state index is 10.9. The number of carbonyl (C=O) groups is 1. The van der Waals surface area contributed by atoms with Gasteiger partial charge in [-0.25, -0.2) is 0 Å². The predicted molar refractivity (Wildman–Crippen MR) is 43.3 cm³/mol. The third kappa shape index (κ3) is 1.83. The van der Waals surface area contributed by atoms with Crippen LogP contribution in [0.25, 0.3) is 0 Å². The van der Waals surface area contributed by atoms with E-state index in [2.05, 4.69) is 0 Å². The predicted octanol–water partition coefficient (Wildman–Crippen LogP) is 0.281. The summed E-state index contributed by atoms with van der Waals surface area (Å²) < 4.78 is 0. The minimum absolute atomic E-state index is 0.111. The number of nitrogens with two attached hydrogens (primary N) is 2. The fourth-order valence-electron chi connectivity index (χ4n) is 1.13. The van der Waals surface area contributed by atoms with Crippen LogP contribution in [0.2, 0.25) is 0 Å². The summed E-state index contributed by atoms with van der Waals surface area (Å²) in [6.07, 6.45) is 4.05. The number of hydrogen-bond acceptors (Lipinski definition) is 3. The van der Waals surface area contributed by atoms with Gasteiger partial charge in [0.1, 0.15) is 5.78 Å². The molecule has 4 N–H and O–H groups in total. The molecule has 0 radical (unpaired) electrons. The van der Waals surface area contributed by atoms with Gasteiger partial charge >= 0.3 is 0 Å². The number of carbonyl (C=O) groups excluding carboxylic acids is 1. The quantitative estimate of drug-likeness (QED) is 0.567. The number of allylic oxidation sites excluding steroid dienone is 3. The average molecular weight is 152 g/mol. The van der Waals surface area contributed by atoms with Crippen molar-refractivity contribution in [2.45, 2.75) is 13.3 Å². The van der Waals surface area contributed by atoms with Crippen molar-refractivity contribution in [3.05, 3.63) is 23.5 Å². The van der Waals surface area contributed by atoms with Crippen molar-refractivity contribution in [2.75, 3.05) is 0 Å². The normalized spacial score (nSPS) is 23.9. The van der Waals surface area contributed by atoms with Crippen molar-refractivity contribution < 1.29 is 4.79 Å². The Labute approximate surface area is 65.8 Å². The van der Waals surface area contributed by atoms with Gasteiger partial charge in [-0.15, -0.1) is 0 Å². The minimum atomic E-state index is -0.111. The summed E-state index contributed by atoms with van der Waals surface area (Å²) in [5.74, 6) is 0.00370. The molecule has 3 nitrogen and oxygen atoms in total. The van der Waals surface area contributed by atoms with Gasteiger partial charge in [-0.1, -0.05) is 6.08 Å². The molecular weight excluding hydrogens is 140 g/mol. The molecule has 0 saturated heterocycles. The summed E-state index contributed by atoms with van der Waals surface area (Å²) in [7, 11) is 0. The fraction of sp³-hybridized carbons (Fsp3) is 0.375. The number of hydrogen-bond donors (Lipinski definition) is 2. The highest BCUT2D eigenvalue weighted by molar-refractivity contribution is 5.80. The van der Waals surface area contributed by atoms with E-state index in [4.69, 9.17) is 11.5 Å². The van der Waals surface area contributed by atoms with Gasteiger partial charge in [-0.3, -0.25) is 4.79 Å². The van der Waals surface area contributed by atoms with Crippen LogP contribution in [0.3, 0.4) is 0 Å². The maximum Gasteiger partial charge on any atom is 0.137 e. The van der Waals surface area contributed by atoms with Crippen molar-refractivity contribution in [3.8, 4) is 0 Å². The Hall–Kier alpha value is -1.25. The van der Waals surface area contributed by atoms with Crippen molar-refractivity contribution in [3.63, 3.8) is 0 Å². The summed E-state index contributed by atoms with van der Waals surface area (Å²) >= 11 is 0. The van der Waals surface area contributed by atoms with Crippen LogP contribution >= 0.6 is 0 Å². The van der Waals surface area contributed by atoms with Crippen molar-refractivity contribution in [1.29, 1.82) is 0 Å². The van der Waals surface area contributed by atoms with E-state index in [0.717, 1.165) is 0 Å². The zero-order chi connectivity index (χ0) is 8.43. The Balaban J connectivity index is 2.79. The molecule has 60 valence electrons. The van der Waals surface area contributed by atoms with E-state index >= 15 is 0 Å². The van der Waals surface area contributed by atoms with Crippen LogP contribution < -0.4 is 11.5 Å². The first-order chi connectivity index (χ1) is 5.09. The topological polar surface area (TPSA) is 69.1 Å². The molecule has 0 saturated carbocycles. The summed E-state index contributed by atoms with van der Waals surface area (Å²) in [5.41, 5.74) is 12.3. The third-order valence-electron chi connectivity index (χ3n) is 1.72. The Morgan fingerprint density at radius 3 is 2.73 bits per heavy atom. The summed E-state index contributed by atoms with van der Waals surface area (Å²) in [6.45, 7) is 1.55. The molecule has 0 aromatic rings. The second-order valence-electron chi connectivity index (χ2n) is 2.81. The van der Waals surface area contributed by atoms with Crippen molar-refractivity contribution in [1.82, 2.24) is 0 Å². The molecular formula is C8H12N2O. The van der Waals surface area contributed by atoms with Crippen LogP contribution in [0.5, 0.6) is 0 Å². The molecule has 0 bridgehead atoms. The molecule has 0 spiro atoms. The van der Waals surface area contributed by atoms with Crippen LogP contribution in [0.1, 0.15) is 13.3 Å². The van der Waals surface area contributed by atoms with Gasteiger partial charge in [-0.2, -0.15) is 0 Å². The van der Waals surface area contributed by atoms with E-state index in [1.807, 2.05) is 0 Å². The lowest BCUT2D eigenvalue weighted by atomic mass is 9.94. The molecule has 1 atom stereocenters. The summed E-state index contributed by atoms with van der Waals surface area (Å²) in [4.78, 5) is 10.9. The lowest BCUT2D eigenvalue weighted by molar-refractivity contribution is -0.119. The smallest absolute Gasteiger partial charge is 0.137 e. The molecule has 11 heavy (non-hydrogen) atoms. The van der Waals surface area contributed by atoms with Crippen molar-refractivity contribution in [2.24, 2.45) is 17.4 Å². The molecule has 0 aromatic carbocycles. The van der Waals surface area contributed by atoms with Crippen LogP contribution in [0, 0.1) is 5.92 Å². The van der Waals surface area contributed by atoms with Crippen LogP contribution in [-0.2, 0) is 4.79 Å². The van der Waals surface area contributed by atoms with E-state index in [-0.39, 0.29) is 11.7 Å². The first-order valence-electron chi connectivity index (χ1n) is 3.53. The Kier molecular flexibility index (Phi) is 1.98. The summed E-state index contributed by atoms with van der Waals surface area (Å²) in [5, 5.41) is 0. The first kappa shape index (κ1) is 7.85. The van der Waals surface area contributed by atoms with Gasteiger partial charge in [0.25, 0.3) is 0 Å². The van der Waals surface area contributed by atoms with Gasteiger partial charge in [0.2, 0.25) is 0 Å². The molecule has 1 rings (SSSR count). The Morgan fingerprint density at radius 1 is 1.64 bits per heavy atom. The monoisotopic (exact) mass is 152 g/mol. The average Bonchev–Trinajstić information content (AvgIpc) is 1.85. The zero-order valence-electron chi connectivity index (χ0n) is 6.50. The fourth-order valence-corrected chi connectivity index (χ4v) is 1.13. The number of Topliss-reactive ketones (excluding diaryl/α,β-unsaturated/α-hetero) is 1. The van der Waals surface area contributed by atoms with Gasteiger partial charge in [0, 0.05) is 23.7 Å². The highest BCUT2D eigenvalue weighted by Gasteiger charge is 2.15. The second kappa shape index (κ2) is 2.78. The van der Waals surface area contributed by atoms with Crippen LogP contribution in [0.15, 0.2) is 23.5 Å². The first-order valence-corrected chi connectivity index (χ1v) is 3.53. The standard InChI is InChI=1S/C8H12N2O/c1-5(11)6-2-7(9)4-8(10)3-6/h2,4,6H,3,9-10H2,1H3. The SMILES string of the molecule is CC(=O)C1C=C(N)C=C(N)C1. The molecule has 0 aromatic heterocycles. The molecule has 0 heterocycles. The van der Waals surface area contributed by atoms with Crippen LogP contribution in [-0.4, -0.2) is 5.78 Å². The molecule has 0 aliphatic heterocycles. The van der Waals surface area contributed by atoms with Gasteiger partial charge < -0.3 is 11.5 Å². The van der Waals surface area contributed by atoms with Gasteiger partial charge in [0.05, 0.1) is 0 Å². The van der Waals surface area contributed by atoms with E-state index in [1.54, 1.807) is 19.1 Å². The Morgan fingerprint density at radius 2 is 2.27 bits per heavy atom. The zero-order valence-corrected chi connectivity index (χ0v) is 6.50. The summed E-state index contributed by atoms with van der Waals surface area (Å²) in [6, 6.07) is 0. The molecule has 0 amide bonds. The largest absolute Gasteiger partial charge is 0.402 e. The Bertz CT molecular complexity index is 240. The molecule has 1 aliphatic rings. The third-order valence-corrected chi connectivity index (χ3v) is 1.72. The molecule has 0 fully saturated rings. The molecule has 3 heteroatoms. The highest BCUT2D eigenvalue weighted by atomic mass is 16.1. The van der Waals surface area contributed by atoms with Crippen molar-refractivity contribution >= 4 is 5.78 Å². The molecule has 1 aliphatic carbocycles. The molecule has 1 unspecified atom stereocenters. The highest BCUT2D eigenvalue weighted by Crippen LogP contribution is 2.17. The lowest BCUT2D eigenvalue weighted by Gasteiger charge is -2.14. The maximum atomic E-state index is 10.9. The van der Waals surface area contributed by atoms with Gasteiger partial charge in [-0.05, 0) is 13.0 Å². The minimum Gasteiger partial charge on any atom is -0.402 e. The number of rotatable bonds is 1. The van der Waals surface area contributed by atoms with E-state index in [0.29, 0.717) is 17.8 Å². The van der Waals surface area contributed by atoms with E-state index < -0.39 is 0 Å². The van der Waals surface area contributed by atoms with E-state index in [9.17, 15) is 4.79 Å². The van der Waals surface area contributed by atoms with Gasteiger partial charge in [0.15, 0.2) is 0 Å². The second-order valence-corrected chi connectivity index (χ2v) is 2.81. The number of ketones is 1. The van der Waals surface area contributed by atoms with E-state index in [1.165, 1.54) is 0 Å². The van der Waals surface area contributed by atoms with Crippen LogP contribution in [0.4, 0.5) is 0 Å². The lowest BCUT2D eigenvalue weighted by Crippen LogP contribution is -2.18.